The molecule has 0 aliphatic carbocycles. The van der Waals surface area contributed by atoms with E-state index in [0.717, 1.165) is 10.6 Å². The van der Waals surface area contributed by atoms with Crippen molar-refractivity contribution in [1.82, 2.24) is 10.2 Å². The number of rotatable bonds is 11. The largest absolute Gasteiger partial charge is 0.352 e. The standard InChI is InChI=1S/C24H29Cl4N3O4S/c1-5-15(3)29-24(33)21(6-2)30(13-17-18(26)8-7-9-19(17)27)23(32)14-31(36(4,34)35)22-11-10-16(25)12-20(22)28/h7-12,15,21H,5-6,13-14H2,1-4H3,(H,29,33)/t15-,21-/m0/s1. The highest BCUT2D eigenvalue weighted by Crippen LogP contribution is 2.31. The van der Waals surface area contributed by atoms with Gasteiger partial charge in [0.2, 0.25) is 21.8 Å². The summed E-state index contributed by atoms with van der Waals surface area (Å²) in [6.45, 7) is 4.85. The average Bonchev–Trinajstić information content (AvgIpc) is 2.78. The molecule has 0 bridgehead atoms. The molecule has 0 spiro atoms. The van der Waals surface area contributed by atoms with Crippen molar-refractivity contribution in [2.75, 3.05) is 17.1 Å². The summed E-state index contributed by atoms with van der Waals surface area (Å²) in [7, 11) is -3.94. The van der Waals surface area contributed by atoms with E-state index in [-0.39, 0.29) is 35.6 Å². The lowest BCUT2D eigenvalue weighted by molar-refractivity contribution is -0.140. The first-order chi connectivity index (χ1) is 16.8. The minimum Gasteiger partial charge on any atom is -0.352 e. The number of amides is 2. The molecular weight excluding hydrogens is 568 g/mol. The van der Waals surface area contributed by atoms with Crippen molar-refractivity contribution >= 4 is 73.9 Å². The predicted molar refractivity (Wildman–Crippen MR) is 148 cm³/mol. The first kappa shape index (κ1) is 30.5. The van der Waals surface area contributed by atoms with Crippen LogP contribution in [0.4, 0.5) is 5.69 Å². The summed E-state index contributed by atoms with van der Waals surface area (Å²) >= 11 is 25.0. The molecule has 0 aliphatic heterocycles. The van der Waals surface area contributed by atoms with Crippen molar-refractivity contribution in [3.8, 4) is 0 Å². The van der Waals surface area contributed by atoms with E-state index < -0.39 is 28.5 Å². The fourth-order valence-electron chi connectivity index (χ4n) is 3.49. The minimum atomic E-state index is -3.94. The monoisotopic (exact) mass is 595 g/mol. The van der Waals surface area contributed by atoms with Gasteiger partial charge in [0.25, 0.3) is 0 Å². The van der Waals surface area contributed by atoms with Crippen molar-refractivity contribution in [2.45, 2.75) is 52.2 Å². The molecule has 0 saturated heterocycles. The van der Waals surface area contributed by atoms with E-state index in [2.05, 4.69) is 5.32 Å². The number of nitrogens with one attached hydrogen (secondary N) is 1. The third kappa shape index (κ3) is 7.89. The Morgan fingerprint density at radius 1 is 0.972 bits per heavy atom. The fourth-order valence-corrected chi connectivity index (χ4v) is 5.43. The molecule has 2 atom stereocenters. The summed E-state index contributed by atoms with van der Waals surface area (Å²) in [6.07, 6.45) is 1.94. The quantitative estimate of drug-likeness (QED) is 0.356. The predicted octanol–water partition coefficient (Wildman–Crippen LogP) is 5.79. The molecule has 0 aromatic heterocycles. The summed E-state index contributed by atoms with van der Waals surface area (Å²) in [4.78, 5) is 28.2. The highest BCUT2D eigenvalue weighted by atomic mass is 35.5. The Morgan fingerprint density at radius 2 is 1.58 bits per heavy atom. The van der Waals surface area contributed by atoms with Crippen LogP contribution in [-0.2, 0) is 26.2 Å². The number of sulfonamides is 1. The Balaban J connectivity index is 2.53. The molecule has 2 amide bonds. The topological polar surface area (TPSA) is 86.8 Å². The fraction of sp³-hybridized carbons (Fsp3) is 0.417. The normalized spacial score (nSPS) is 13.1. The zero-order valence-corrected chi connectivity index (χ0v) is 24.2. The van der Waals surface area contributed by atoms with Gasteiger partial charge in [-0.25, -0.2) is 8.42 Å². The average molecular weight is 597 g/mol. The van der Waals surface area contributed by atoms with Crippen molar-refractivity contribution in [2.24, 2.45) is 0 Å². The van der Waals surface area contributed by atoms with E-state index >= 15 is 0 Å². The molecular formula is C24H29Cl4N3O4S. The molecule has 198 valence electrons. The highest BCUT2D eigenvalue weighted by Gasteiger charge is 2.33. The van der Waals surface area contributed by atoms with Gasteiger partial charge in [-0.2, -0.15) is 0 Å². The van der Waals surface area contributed by atoms with Gasteiger partial charge in [0.15, 0.2) is 0 Å². The van der Waals surface area contributed by atoms with E-state index in [1.807, 2.05) is 13.8 Å². The molecule has 0 saturated carbocycles. The Hall–Kier alpha value is -1.71. The Bertz CT molecular complexity index is 1190. The molecule has 2 aromatic carbocycles. The van der Waals surface area contributed by atoms with Crippen LogP contribution < -0.4 is 9.62 Å². The van der Waals surface area contributed by atoms with Crippen LogP contribution in [0.1, 0.15) is 39.2 Å². The number of hydrogen-bond acceptors (Lipinski definition) is 4. The molecule has 2 aromatic rings. The molecule has 0 radical (unpaired) electrons. The molecule has 36 heavy (non-hydrogen) atoms. The second kappa shape index (κ2) is 13.2. The lowest BCUT2D eigenvalue weighted by Crippen LogP contribution is -2.53. The van der Waals surface area contributed by atoms with Crippen molar-refractivity contribution in [3.63, 3.8) is 0 Å². The Kier molecular flexibility index (Phi) is 11.2. The van der Waals surface area contributed by atoms with Crippen LogP contribution in [0.15, 0.2) is 36.4 Å². The molecule has 12 heteroatoms. The molecule has 0 heterocycles. The van der Waals surface area contributed by atoms with Gasteiger partial charge in [0, 0.05) is 33.2 Å². The minimum absolute atomic E-state index is 0.0583. The van der Waals surface area contributed by atoms with Crippen molar-refractivity contribution in [3.05, 3.63) is 62.1 Å². The molecule has 1 N–H and O–H groups in total. The van der Waals surface area contributed by atoms with Gasteiger partial charge in [-0.3, -0.25) is 13.9 Å². The number of hydrogen-bond donors (Lipinski definition) is 1. The lowest BCUT2D eigenvalue weighted by atomic mass is 10.1. The number of anilines is 1. The second-order valence-electron chi connectivity index (χ2n) is 8.33. The van der Waals surface area contributed by atoms with Gasteiger partial charge >= 0.3 is 0 Å². The SMILES string of the molecule is CC[C@H](C)NC(=O)[C@H](CC)N(Cc1c(Cl)cccc1Cl)C(=O)CN(c1ccc(Cl)cc1Cl)S(C)(=O)=O. The van der Waals surface area contributed by atoms with Crippen LogP contribution in [0.2, 0.25) is 20.1 Å². The van der Waals surface area contributed by atoms with Crippen LogP contribution in [-0.4, -0.2) is 50.0 Å². The van der Waals surface area contributed by atoms with E-state index in [9.17, 15) is 18.0 Å². The zero-order chi connectivity index (χ0) is 27.2. The van der Waals surface area contributed by atoms with Gasteiger partial charge < -0.3 is 10.2 Å². The van der Waals surface area contributed by atoms with E-state index in [0.29, 0.717) is 27.1 Å². The maximum atomic E-state index is 13.7. The Labute approximate surface area is 232 Å². The Morgan fingerprint density at radius 3 is 2.08 bits per heavy atom. The lowest BCUT2D eigenvalue weighted by Gasteiger charge is -2.34. The molecule has 2 rings (SSSR count). The molecule has 0 unspecified atom stereocenters. The van der Waals surface area contributed by atoms with Gasteiger partial charge in [0.05, 0.1) is 17.0 Å². The summed E-state index contributed by atoms with van der Waals surface area (Å²) < 4.78 is 26.3. The first-order valence-electron chi connectivity index (χ1n) is 11.3. The van der Waals surface area contributed by atoms with Crippen LogP contribution in [0, 0.1) is 0 Å². The van der Waals surface area contributed by atoms with Gasteiger partial charge in [-0.15, -0.1) is 0 Å². The number of carbonyl (C=O) groups is 2. The second-order valence-corrected chi connectivity index (χ2v) is 11.9. The number of carbonyl (C=O) groups excluding carboxylic acids is 2. The van der Waals surface area contributed by atoms with E-state index in [4.69, 9.17) is 46.4 Å². The maximum Gasteiger partial charge on any atom is 0.244 e. The van der Waals surface area contributed by atoms with Crippen LogP contribution in [0.25, 0.3) is 0 Å². The van der Waals surface area contributed by atoms with Gasteiger partial charge in [0.1, 0.15) is 12.6 Å². The number of halogens is 4. The zero-order valence-electron chi connectivity index (χ0n) is 20.4. The molecule has 0 aliphatic rings. The number of benzene rings is 2. The maximum absolute atomic E-state index is 13.7. The van der Waals surface area contributed by atoms with Gasteiger partial charge in [-0.05, 0) is 50.1 Å². The highest BCUT2D eigenvalue weighted by molar-refractivity contribution is 7.92. The van der Waals surface area contributed by atoms with E-state index in [1.165, 1.54) is 23.1 Å². The third-order valence-electron chi connectivity index (χ3n) is 5.63. The van der Waals surface area contributed by atoms with Crippen LogP contribution in [0.5, 0.6) is 0 Å². The summed E-state index contributed by atoms with van der Waals surface area (Å²) in [5.41, 5.74) is 0.532. The molecule has 7 nitrogen and oxygen atoms in total. The van der Waals surface area contributed by atoms with Crippen LogP contribution >= 0.6 is 46.4 Å². The van der Waals surface area contributed by atoms with E-state index in [1.54, 1.807) is 25.1 Å². The smallest absolute Gasteiger partial charge is 0.244 e. The summed E-state index contributed by atoms with van der Waals surface area (Å²) in [6, 6.07) is 8.18. The number of nitrogens with zero attached hydrogens (tertiary/aromatic N) is 2. The molecule has 0 fully saturated rings. The van der Waals surface area contributed by atoms with Crippen molar-refractivity contribution < 1.29 is 18.0 Å². The third-order valence-corrected chi connectivity index (χ3v) is 8.01. The van der Waals surface area contributed by atoms with Crippen LogP contribution in [0.3, 0.4) is 0 Å². The summed E-state index contributed by atoms with van der Waals surface area (Å²) in [5.74, 6) is -0.993. The van der Waals surface area contributed by atoms with Gasteiger partial charge in [-0.1, -0.05) is 66.3 Å². The first-order valence-corrected chi connectivity index (χ1v) is 14.6. The summed E-state index contributed by atoms with van der Waals surface area (Å²) in [5, 5.41) is 3.90. The van der Waals surface area contributed by atoms with Crippen molar-refractivity contribution in [1.29, 1.82) is 0 Å².